The summed E-state index contributed by atoms with van der Waals surface area (Å²) in [6.07, 6.45) is -1.75. The van der Waals surface area contributed by atoms with E-state index in [1.165, 1.54) is 0 Å². The van der Waals surface area contributed by atoms with Crippen molar-refractivity contribution in [3.63, 3.8) is 0 Å². The normalized spacial score (nSPS) is 15.0. The second kappa shape index (κ2) is 9.71. The van der Waals surface area contributed by atoms with Crippen molar-refractivity contribution in [3.8, 4) is 0 Å². The summed E-state index contributed by atoms with van der Waals surface area (Å²) in [6.45, 7) is -4.58. The van der Waals surface area contributed by atoms with Gasteiger partial charge in [-0.3, -0.25) is 0 Å². The highest BCUT2D eigenvalue weighted by Crippen LogP contribution is 2.27. The van der Waals surface area contributed by atoms with Crippen molar-refractivity contribution in [1.29, 1.82) is 0 Å². The Morgan fingerprint density at radius 2 is 0.867 bits per heavy atom. The fourth-order valence-electron chi connectivity index (χ4n) is 1.59. The topological polar surface area (TPSA) is 130 Å². The van der Waals surface area contributed by atoms with E-state index in [-0.39, 0.29) is 4.31 Å². The summed E-state index contributed by atoms with van der Waals surface area (Å²) in [6, 6.07) is 0. The van der Waals surface area contributed by atoms with E-state index in [0.29, 0.717) is 0 Å². The van der Waals surface area contributed by atoms with Gasteiger partial charge in [-0.1, -0.05) is 0 Å². The fourth-order valence-corrected chi connectivity index (χ4v) is 3.77. The third-order valence-corrected chi connectivity index (χ3v) is 7.01. The standard InChI is InChI=1S/C9H14F9N3O6S3/c10-7(11,12)28(22,23)19-3-1-5-21(30(26,27)9(16,17)18)6-2-4-20-29(24,25)8(13,14)15/h19-20H,1-6H2. The number of nitrogens with one attached hydrogen (secondary N) is 2. The van der Waals surface area contributed by atoms with E-state index in [1.54, 1.807) is 0 Å². The smallest absolute Gasteiger partial charge is 0.207 e. The zero-order valence-corrected chi connectivity index (χ0v) is 16.7. The molecule has 0 aromatic carbocycles. The number of rotatable bonds is 11. The Bertz CT molecular complexity index is 826. The first-order chi connectivity index (χ1) is 13.1. The second-order valence-electron chi connectivity index (χ2n) is 5.24. The van der Waals surface area contributed by atoms with Crippen LogP contribution in [0.1, 0.15) is 12.8 Å². The Kier molecular flexibility index (Phi) is 9.42. The van der Waals surface area contributed by atoms with Gasteiger partial charge in [-0.15, -0.1) is 0 Å². The molecule has 21 heteroatoms. The number of alkyl halides is 9. The average molecular weight is 527 g/mol. The number of hydrogen-bond donors (Lipinski definition) is 2. The van der Waals surface area contributed by atoms with E-state index in [4.69, 9.17) is 0 Å². The number of sulfonamides is 3. The largest absolute Gasteiger partial charge is 0.511 e. The molecule has 0 spiro atoms. The van der Waals surface area contributed by atoms with Crippen LogP contribution in [0.4, 0.5) is 39.5 Å². The Morgan fingerprint density at radius 3 is 1.10 bits per heavy atom. The van der Waals surface area contributed by atoms with Crippen LogP contribution in [0, 0.1) is 0 Å². The molecule has 0 atom stereocenters. The number of halogens is 9. The van der Waals surface area contributed by atoms with E-state index in [2.05, 4.69) is 0 Å². The van der Waals surface area contributed by atoms with Crippen molar-refractivity contribution < 1.29 is 64.8 Å². The zero-order valence-electron chi connectivity index (χ0n) is 14.3. The minimum Gasteiger partial charge on any atom is -0.207 e. The minimum atomic E-state index is -6.09. The van der Waals surface area contributed by atoms with Crippen LogP contribution in [0.3, 0.4) is 0 Å². The van der Waals surface area contributed by atoms with Gasteiger partial charge in [0.05, 0.1) is 0 Å². The molecule has 0 amide bonds. The maximum absolute atomic E-state index is 12.6. The summed E-state index contributed by atoms with van der Waals surface area (Å²) >= 11 is 0. The maximum atomic E-state index is 12.6. The summed E-state index contributed by atoms with van der Waals surface area (Å²) in [7, 11) is -17.8. The summed E-state index contributed by atoms with van der Waals surface area (Å²) < 4.78 is 178. The maximum Gasteiger partial charge on any atom is 0.511 e. The predicted octanol–water partition coefficient (Wildman–Crippen LogP) is 0.797. The van der Waals surface area contributed by atoms with Crippen molar-refractivity contribution in [2.75, 3.05) is 26.2 Å². The molecule has 0 aliphatic rings. The van der Waals surface area contributed by atoms with E-state index < -0.39 is 85.6 Å². The first-order valence-electron chi connectivity index (χ1n) is 7.24. The van der Waals surface area contributed by atoms with Crippen LogP contribution in [0.2, 0.25) is 0 Å². The van der Waals surface area contributed by atoms with E-state index in [1.807, 2.05) is 0 Å². The van der Waals surface area contributed by atoms with Crippen LogP contribution in [-0.4, -0.2) is 72.3 Å². The van der Waals surface area contributed by atoms with Gasteiger partial charge in [0.15, 0.2) is 0 Å². The second-order valence-corrected chi connectivity index (χ2v) is 10.7. The Balaban J connectivity index is 5.05. The summed E-state index contributed by atoms with van der Waals surface area (Å²) in [5.74, 6) is 0. The molecule has 0 saturated carbocycles. The van der Waals surface area contributed by atoms with Crippen molar-refractivity contribution >= 4 is 30.1 Å². The van der Waals surface area contributed by atoms with E-state index >= 15 is 0 Å². The lowest BCUT2D eigenvalue weighted by atomic mass is 10.4. The predicted molar refractivity (Wildman–Crippen MR) is 81.7 cm³/mol. The molecule has 0 radical (unpaired) electrons. The monoisotopic (exact) mass is 527 g/mol. The minimum absolute atomic E-state index is 0.378. The zero-order chi connectivity index (χ0) is 24.2. The molecule has 0 bridgehead atoms. The van der Waals surface area contributed by atoms with Crippen LogP contribution in [0.25, 0.3) is 0 Å². The molecule has 9 nitrogen and oxygen atoms in total. The van der Waals surface area contributed by atoms with Crippen molar-refractivity contribution in [2.45, 2.75) is 29.4 Å². The van der Waals surface area contributed by atoms with Gasteiger partial charge in [0.1, 0.15) is 0 Å². The van der Waals surface area contributed by atoms with Crippen molar-refractivity contribution in [2.24, 2.45) is 0 Å². The molecule has 0 aliphatic carbocycles. The average Bonchev–Trinajstić information content (AvgIpc) is 2.49. The lowest BCUT2D eigenvalue weighted by Crippen LogP contribution is -2.44. The molecule has 30 heavy (non-hydrogen) atoms. The third-order valence-electron chi connectivity index (χ3n) is 2.99. The van der Waals surface area contributed by atoms with Crippen LogP contribution >= 0.6 is 0 Å². The van der Waals surface area contributed by atoms with Gasteiger partial charge in [-0.05, 0) is 12.8 Å². The van der Waals surface area contributed by atoms with E-state index in [0.717, 1.165) is 9.44 Å². The van der Waals surface area contributed by atoms with Crippen LogP contribution in [-0.2, 0) is 30.1 Å². The van der Waals surface area contributed by atoms with Gasteiger partial charge in [0.25, 0.3) is 0 Å². The van der Waals surface area contributed by atoms with Crippen molar-refractivity contribution in [3.05, 3.63) is 0 Å². The summed E-state index contributed by atoms with van der Waals surface area (Å²) in [5, 5.41) is 0. The van der Waals surface area contributed by atoms with Gasteiger partial charge in [0.2, 0.25) is 0 Å². The Labute approximate surface area is 164 Å². The van der Waals surface area contributed by atoms with Gasteiger partial charge >= 0.3 is 46.6 Å². The van der Waals surface area contributed by atoms with Gasteiger partial charge in [-0.2, -0.15) is 43.8 Å². The third kappa shape index (κ3) is 7.98. The van der Waals surface area contributed by atoms with Crippen LogP contribution in [0.5, 0.6) is 0 Å². The summed E-state index contributed by atoms with van der Waals surface area (Å²) in [4.78, 5) is 0. The molecular weight excluding hydrogens is 513 g/mol. The SMILES string of the molecule is O=S(=O)(NCCCN(CCCNS(=O)(=O)C(F)(F)F)S(=O)(=O)C(F)(F)F)C(F)(F)F. The molecule has 0 saturated heterocycles. The molecule has 0 aromatic heterocycles. The van der Waals surface area contributed by atoms with Gasteiger partial charge < -0.3 is 0 Å². The Hall–Kier alpha value is -0.900. The van der Waals surface area contributed by atoms with Crippen LogP contribution in [0.15, 0.2) is 0 Å². The lowest BCUT2D eigenvalue weighted by Gasteiger charge is -2.23. The highest BCUT2D eigenvalue weighted by Gasteiger charge is 2.50. The number of hydrogen-bond acceptors (Lipinski definition) is 6. The highest BCUT2D eigenvalue weighted by atomic mass is 32.2. The fraction of sp³-hybridized carbons (Fsp3) is 1.00. The molecule has 0 heterocycles. The van der Waals surface area contributed by atoms with Gasteiger partial charge in [0, 0.05) is 26.2 Å². The molecule has 0 unspecified atom stereocenters. The molecule has 182 valence electrons. The first kappa shape index (κ1) is 29.1. The first-order valence-corrected chi connectivity index (χ1v) is 11.6. The Morgan fingerprint density at radius 1 is 0.567 bits per heavy atom. The molecule has 0 fully saturated rings. The molecule has 0 rings (SSSR count). The quantitative estimate of drug-likeness (QED) is 0.302. The summed E-state index contributed by atoms with van der Waals surface area (Å²) in [5.41, 5.74) is -17.3. The number of nitrogens with zero attached hydrogens (tertiary/aromatic N) is 1. The lowest BCUT2D eigenvalue weighted by molar-refractivity contribution is -0.0489. The molecular formula is C9H14F9N3O6S3. The van der Waals surface area contributed by atoms with Crippen molar-refractivity contribution in [1.82, 2.24) is 13.7 Å². The molecule has 2 N–H and O–H groups in total. The molecule has 0 aromatic rings. The molecule has 0 aliphatic heterocycles. The van der Waals surface area contributed by atoms with Gasteiger partial charge in [-0.25, -0.2) is 34.7 Å². The van der Waals surface area contributed by atoms with E-state index in [9.17, 15) is 64.8 Å². The van der Waals surface area contributed by atoms with Crippen LogP contribution < -0.4 is 9.44 Å². The highest BCUT2D eigenvalue weighted by molar-refractivity contribution is 7.90.